The minimum atomic E-state index is 1.15. The molecule has 3 heterocycles. The number of para-hydroxylation sites is 5. The zero-order valence-electron chi connectivity index (χ0n) is 28.7. The smallest absolute Gasteiger partial charge is 0.0619 e. The van der Waals surface area contributed by atoms with E-state index in [9.17, 15) is 0 Å². The van der Waals surface area contributed by atoms with Gasteiger partial charge in [-0.2, -0.15) is 0 Å². The Morgan fingerprint density at radius 3 is 1.60 bits per heavy atom. The molecule has 0 saturated carbocycles. The minimum absolute atomic E-state index is 1.15. The van der Waals surface area contributed by atoms with Gasteiger partial charge in [0, 0.05) is 67.3 Å². The average Bonchev–Trinajstić information content (AvgIpc) is 3.83. The number of fused-ring (bicyclic) bond motifs is 9. The molecule has 11 aromatic rings. The van der Waals surface area contributed by atoms with Crippen molar-refractivity contribution in [3.63, 3.8) is 0 Å². The Morgan fingerprint density at radius 2 is 0.827 bits per heavy atom. The third-order valence-electron chi connectivity index (χ3n) is 11.0. The van der Waals surface area contributed by atoms with Crippen LogP contribution in [0.5, 0.6) is 0 Å². The fourth-order valence-corrected chi connectivity index (χ4v) is 8.66. The van der Waals surface area contributed by atoms with Crippen molar-refractivity contribution >= 4 is 65.4 Å². The molecule has 0 aliphatic carbocycles. The summed E-state index contributed by atoms with van der Waals surface area (Å²) in [4.78, 5) is 0. The summed E-state index contributed by atoms with van der Waals surface area (Å²) in [7, 11) is 2.17. The van der Waals surface area contributed by atoms with Crippen molar-refractivity contribution < 1.29 is 0 Å². The van der Waals surface area contributed by atoms with Crippen molar-refractivity contribution in [3.8, 4) is 33.6 Å². The van der Waals surface area contributed by atoms with E-state index in [2.05, 4.69) is 203 Å². The summed E-state index contributed by atoms with van der Waals surface area (Å²) in [5, 5.41) is 7.59. The average molecular weight is 664 g/mol. The Bertz CT molecular complexity index is 3180. The summed E-state index contributed by atoms with van der Waals surface area (Å²) in [6.07, 6.45) is 0. The number of benzene rings is 8. The summed E-state index contributed by atoms with van der Waals surface area (Å²) in [6, 6.07) is 66.6. The Balaban J connectivity index is 1.15. The molecular weight excluding hydrogens is 631 g/mol. The maximum atomic E-state index is 2.45. The molecule has 0 spiro atoms. The minimum Gasteiger partial charge on any atom is -0.344 e. The van der Waals surface area contributed by atoms with E-state index in [4.69, 9.17) is 0 Å². The molecule has 3 heteroatoms. The predicted molar refractivity (Wildman–Crippen MR) is 220 cm³/mol. The molecule has 0 saturated heterocycles. The van der Waals surface area contributed by atoms with E-state index in [0.29, 0.717) is 0 Å². The molecule has 11 rings (SSSR count). The van der Waals surface area contributed by atoms with Crippen molar-refractivity contribution in [2.45, 2.75) is 0 Å². The third kappa shape index (κ3) is 4.14. The van der Waals surface area contributed by atoms with Gasteiger partial charge in [0.1, 0.15) is 0 Å². The molecule has 8 aromatic carbocycles. The maximum absolute atomic E-state index is 2.45. The first-order valence-corrected chi connectivity index (χ1v) is 17.9. The van der Waals surface area contributed by atoms with Crippen molar-refractivity contribution in [2.24, 2.45) is 7.05 Å². The second-order valence-corrected chi connectivity index (χ2v) is 13.8. The first-order chi connectivity index (χ1) is 25.7. The van der Waals surface area contributed by atoms with Crippen LogP contribution in [0.2, 0.25) is 0 Å². The van der Waals surface area contributed by atoms with Crippen LogP contribution in [0.25, 0.3) is 99.0 Å². The monoisotopic (exact) mass is 663 g/mol. The Labute approximate surface area is 300 Å². The topological polar surface area (TPSA) is 14.8 Å². The zero-order chi connectivity index (χ0) is 34.3. The van der Waals surface area contributed by atoms with Gasteiger partial charge in [-0.1, -0.05) is 121 Å². The summed E-state index contributed by atoms with van der Waals surface area (Å²) in [5.41, 5.74) is 14.5. The molecule has 0 N–H and O–H groups in total. The van der Waals surface area contributed by atoms with Crippen LogP contribution >= 0.6 is 0 Å². The molecular formula is C49H33N3. The van der Waals surface area contributed by atoms with Crippen LogP contribution in [-0.4, -0.2) is 13.7 Å². The summed E-state index contributed by atoms with van der Waals surface area (Å²) in [5.74, 6) is 0. The number of aromatic nitrogens is 3. The largest absolute Gasteiger partial charge is 0.344 e. The second-order valence-electron chi connectivity index (χ2n) is 13.8. The van der Waals surface area contributed by atoms with Crippen LogP contribution in [0.3, 0.4) is 0 Å². The van der Waals surface area contributed by atoms with Crippen LogP contribution < -0.4 is 0 Å². The van der Waals surface area contributed by atoms with E-state index in [1.807, 2.05) is 0 Å². The lowest BCUT2D eigenvalue weighted by Gasteiger charge is -2.12. The molecule has 0 fully saturated rings. The number of rotatable bonds is 4. The summed E-state index contributed by atoms with van der Waals surface area (Å²) in [6.45, 7) is 0. The molecule has 0 radical (unpaired) electrons. The number of aryl methyl sites for hydroxylation is 1. The highest BCUT2D eigenvalue weighted by atomic mass is 15.0. The van der Waals surface area contributed by atoms with E-state index in [0.717, 1.165) is 5.69 Å². The van der Waals surface area contributed by atoms with Gasteiger partial charge in [-0.25, -0.2) is 0 Å². The third-order valence-corrected chi connectivity index (χ3v) is 11.0. The highest BCUT2D eigenvalue weighted by Crippen LogP contribution is 2.42. The Kier molecular flexibility index (Phi) is 6.17. The highest BCUT2D eigenvalue weighted by Gasteiger charge is 2.19. The molecule has 0 aliphatic heterocycles. The van der Waals surface area contributed by atoms with Crippen molar-refractivity contribution in [1.82, 2.24) is 13.7 Å². The molecule has 0 unspecified atom stereocenters. The first kappa shape index (κ1) is 28.9. The molecule has 244 valence electrons. The lowest BCUT2D eigenvalue weighted by atomic mass is 9.99. The van der Waals surface area contributed by atoms with E-state index < -0.39 is 0 Å². The highest BCUT2D eigenvalue weighted by molar-refractivity contribution is 6.16. The number of hydrogen-bond donors (Lipinski definition) is 0. The van der Waals surface area contributed by atoms with E-state index in [-0.39, 0.29) is 0 Å². The SMILES string of the molecule is Cn1c2ccccc2c2ccc(-c3cccc4c5cc(-c6ccc7c8ccccc8n(-c8ccccc8)c7c6)ccc5n(-c5ccccc5)c34)cc21. The van der Waals surface area contributed by atoms with E-state index in [1.165, 1.54) is 93.4 Å². The quantitative estimate of drug-likeness (QED) is 0.178. The zero-order valence-corrected chi connectivity index (χ0v) is 28.7. The summed E-state index contributed by atoms with van der Waals surface area (Å²) >= 11 is 0. The fraction of sp³-hybridized carbons (Fsp3) is 0.0204. The van der Waals surface area contributed by atoms with Gasteiger partial charge in [-0.3, -0.25) is 0 Å². The number of hydrogen-bond acceptors (Lipinski definition) is 0. The normalized spacial score (nSPS) is 11.9. The molecule has 3 nitrogen and oxygen atoms in total. The standard InChI is InChI=1S/C49H33N3/c1-50-44-21-10-8-17-38(44)40-27-24-34(31-47(40)50)37-19-12-20-42-43-29-32(25-28-46(43)52(49(37)42)36-15-6-3-7-16-36)33-23-26-41-39-18-9-11-22-45(39)51(48(41)30-33)35-13-4-2-5-14-35/h2-31H,1H3. The van der Waals surface area contributed by atoms with Gasteiger partial charge < -0.3 is 13.7 Å². The molecule has 3 aromatic heterocycles. The van der Waals surface area contributed by atoms with Crippen LogP contribution in [0.1, 0.15) is 0 Å². The molecule has 0 amide bonds. The van der Waals surface area contributed by atoms with Crippen LogP contribution in [-0.2, 0) is 7.05 Å². The molecule has 0 aliphatic rings. The van der Waals surface area contributed by atoms with Crippen molar-refractivity contribution in [3.05, 3.63) is 182 Å². The van der Waals surface area contributed by atoms with E-state index in [1.54, 1.807) is 0 Å². The van der Waals surface area contributed by atoms with Gasteiger partial charge in [0.15, 0.2) is 0 Å². The van der Waals surface area contributed by atoms with Gasteiger partial charge >= 0.3 is 0 Å². The first-order valence-electron chi connectivity index (χ1n) is 17.9. The second kappa shape index (κ2) is 11.1. The van der Waals surface area contributed by atoms with Gasteiger partial charge in [0.25, 0.3) is 0 Å². The number of nitrogens with zero attached hydrogens (tertiary/aromatic N) is 3. The lowest BCUT2D eigenvalue weighted by molar-refractivity contribution is 1.01. The fourth-order valence-electron chi connectivity index (χ4n) is 8.66. The molecule has 52 heavy (non-hydrogen) atoms. The van der Waals surface area contributed by atoms with Crippen LogP contribution in [0, 0.1) is 0 Å². The van der Waals surface area contributed by atoms with Crippen LogP contribution in [0.4, 0.5) is 0 Å². The van der Waals surface area contributed by atoms with Gasteiger partial charge in [0.2, 0.25) is 0 Å². The van der Waals surface area contributed by atoms with Crippen molar-refractivity contribution in [2.75, 3.05) is 0 Å². The maximum Gasteiger partial charge on any atom is 0.0619 e. The van der Waals surface area contributed by atoms with Gasteiger partial charge in [-0.05, 0) is 77.4 Å². The predicted octanol–water partition coefficient (Wildman–Crippen LogP) is 12.9. The Morgan fingerprint density at radius 1 is 0.308 bits per heavy atom. The van der Waals surface area contributed by atoms with Crippen LogP contribution in [0.15, 0.2) is 182 Å². The van der Waals surface area contributed by atoms with E-state index >= 15 is 0 Å². The molecule has 0 bridgehead atoms. The Hall–Kier alpha value is -6.84. The van der Waals surface area contributed by atoms with Gasteiger partial charge in [0.05, 0.1) is 22.1 Å². The van der Waals surface area contributed by atoms with Gasteiger partial charge in [-0.15, -0.1) is 0 Å². The summed E-state index contributed by atoms with van der Waals surface area (Å²) < 4.78 is 7.17. The lowest BCUT2D eigenvalue weighted by Crippen LogP contribution is -1.95. The molecule has 0 atom stereocenters. The van der Waals surface area contributed by atoms with Crippen molar-refractivity contribution in [1.29, 1.82) is 0 Å².